The van der Waals surface area contributed by atoms with Gasteiger partial charge in [-0.1, -0.05) is 0 Å². The molecule has 0 aromatic rings. The van der Waals surface area contributed by atoms with Crippen LogP contribution in [0.15, 0.2) is 0 Å². The van der Waals surface area contributed by atoms with Crippen LogP contribution in [0.5, 0.6) is 0 Å². The zero-order chi connectivity index (χ0) is 6.78. The van der Waals surface area contributed by atoms with Gasteiger partial charge in [-0.15, -0.1) is 0 Å². The number of hydrogen-bond donors (Lipinski definition) is 1. The van der Waals surface area contributed by atoms with E-state index in [-0.39, 0.29) is 0 Å². The maximum absolute atomic E-state index is 5.66. The first kappa shape index (κ1) is 9.63. The van der Waals surface area contributed by atoms with Gasteiger partial charge in [0.15, 0.2) is 0 Å². The van der Waals surface area contributed by atoms with Gasteiger partial charge in [-0.05, 0) is 0 Å². The summed E-state index contributed by atoms with van der Waals surface area (Å²) in [7, 11) is 10.2. The quantitative estimate of drug-likeness (QED) is 0.758. The summed E-state index contributed by atoms with van der Waals surface area (Å²) in [5.41, 5.74) is 0. The fraction of sp³-hybridized carbons (Fsp3) is 1.00. The topological polar surface area (TPSA) is 12.0 Å². The standard InChI is InChI=1S/C3H10NSi.2ClH.In/c1-5(2,3)4;;;/h4H,1-3H3;2*1H;/q-1;;;+3/p-2. The van der Waals surface area contributed by atoms with Crippen molar-refractivity contribution in [3.63, 3.8) is 0 Å². The van der Waals surface area contributed by atoms with E-state index in [9.17, 15) is 0 Å². The van der Waals surface area contributed by atoms with Crippen LogP contribution < -0.4 is 2.97 Å². The Hall–Kier alpha value is 1.63. The van der Waals surface area contributed by atoms with Gasteiger partial charge >= 0.3 is 67.4 Å². The van der Waals surface area contributed by atoms with E-state index in [1.54, 1.807) is 0 Å². The van der Waals surface area contributed by atoms with Gasteiger partial charge in [0.1, 0.15) is 0 Å². The predicted octanol–water partition coefficient (Wildman–Crippen LogP) is 1.87. The summed E-state index contributed by atoms with van der Waals surface area (Å²) in [5, 5.41) is 0. The van der Waals surface area contributed by atoms with Crippen molar-refractivity contribution >= 4 is 44.7 Å². The molecule has 0 saturated heterocycles. The summed E-state index contributed by atoms with van der Waals surface area (Å²) in [5.74, 6) is 0. The van der Waals surface area contributed by atoms with E-state index in [1.807, 2.05) is 0 Å². The van der Waals surface area contributed by atoms with Crippen molar-refractivity contribution in [2.45, 2.75) is 19.6 Å². The summed E-state index contributed by atoms with van der Waals surface area (Å²) in [6.45, 7) is 6.59. The van der Waals surface area contributed by atoms with E-state index in [2.05, 4.69) is 22.6 Å². The van der Waals surface area contributed by atoms with Gasteiger partial charge in [0.05, 0.1) is 0 Å². The van der Waals surface area contributed by atoms with Crippen molar-refractivity contribution in [3.05, 3.63) is 0 Å². The third-order valence-electron chi connectivity index (χ3n) is 0.542. The van der Waals surface area contributed by atoms with Gasteiger partial charge in [0.2, 0.25) is 0 Å². The molecule has 0 aliphatic heterocycles. The van der Waals surface area contributed by atoms with E-state index in [1.165, 1.54) is 0 Å². The first-order valence-corrected chi connectivity index (χ1v) is 16.0. The van der Waals surface area contributed by atoms with E-state index < -0.39 is 27.6 Å². The number of rotatable bonds is 2. The second-order valence-corrected chi connectivity index (χ2v) is 19.0. The van der Waals surface area contributed by atoms with Crippen LogP contribution in [0.1, 0.15) is 0 Å². The summed E-state index contributed by atoms with van der Waals surface area (Å²) >= 11 is -2.12. The molecule has 1 nitrogen and oxygen atoms in total. The summed E-state index contributed by atoms with van der Waals surface area (Å²) in [6.07, 6.45) is 0. The van der Waals surface area contributed by atoms with Crippen LogP contribution in [0, 0.1) is 0 Å². The molecular weight excluding hydrogens is 264 g/mol. The molecule has 0 fully saturated rings. The van der Waals surface area contributed by atoms with Crippen molar-refractivity contribution in [2.24, 2.45) is 0 Å². The van der Waals surface area contributed by atoms with Crippen molar-refractivity contribution in [1.82, 2.24) is 2.97 Å². The maximum atomic E-state index is 5.66. The van der Waals surface area contributed by atoms with Gasteiger partial charge in [0.25, 0.3) is 0 Å². The number of nitrogens with one attached hydrogen (secondary N) is 1. The molecule has 0 radical (unpaired) electrons. The molecule has 0 aliphatic rings. The molecule has 0 unspecified atom stereocenters. The van der Waals surface area contributed by atoms with E-state index in [0.717, 1.165) is 0 Å². The predicted molar refractivity (Wildman–Crippen MR) is 43.9 cm³/mol. The Morgan fingerprint density at radius 1 is 1.25 bits per heavy atom. The summed E-state index contributed by atoms with van der Waals surface area (Å²) < 4.78 is 3.26. The molecule has 0 bridgehead atoms. The number of hydrogen-bond acceptors (Lipinski definition) is 1. The zero-order valence-electron chi connectivity index (χ0n) is 5.33. The fourth-order valence-electron chi connectivity index (χ4n) is 0.327. The summed E-state index contributed by atoms with van der Waals surface area (Å²) in [6, 6.07) is 0. The Bertz CT molecular complexity index is 72.2. The molecule has 0 aliphatic carbocycles. The Labute approximate surface area is 66.9 Å². The molecule has 0 atom stereocenters. The Balaban J connectivity index is 3.39. The Morgan fingerprint density at radius 2 is 1.62 bits per heavy atom. The van der Waals surface area contributed by atoms with Crippen molar-refractivity contribution in [3.8, 4) is 0 Å². The van der Waals surface area contributed by atoms with Crippen LogP contribution in [0.2, 0.25) is 19.6 Å². The van der Waals surface area contributed by atoms with Crippen molar-refractivity contribution in [1.29, 1.82) is 0 Å². The van der Waals surface area contributed by atoms with Crippen LogP contribution in [0.25, 0.3) is 0 Å². The Morgan fingerprint density at radius 3 is 1.62 bits per heavy atom. The monoisotopic (exact) mass is 273 g/mol. The van der Waals surface area contributed by atoms with Crippen LogP contribution in [0.3, 0.4) is 0 Å². The molecule has 0 aromatic carbocycles. The Kier molecular flexibility index (Phi) is 4.47. The van der Waals surface area contributed by atoms with Crippen molar-refractivity contribution < 1.29 is 0 Å². The second-order valence-electron chi connectivity index (χ2n) is 2.70. The van der Waals surface area contributed by atoms with Gasteiger partial charge in [-0.2, -0.15) is 0 Å². The van der Waals surface area contributed by atoms with Crippen LogP contribution in [-0.4, -0.2) is 27.6 Å². The summed E-state index contributed by atoms with van der Waals surface area (Å²) in [4.78, 5) is 0. The van der Waals surface area contributed by atoms with Crippen molar-refractivity contribution in [2.75, 3.05) is 0 Å². The van der Waals surface area contributed by atoms with E-state index in [0.29, 0.717) is 0 Å². The zero-order valence-corrected chi connectivity index (χ0v) is 11.1. The minimum atomic E-state index is -2.12. The first-order valence-electron chi connectivity index (χ1n) is 2.48. The molecule has 0 spiro atoms. The average Bonchev–Trinajstić information content (AvgIpc) is 1.21. The molecule has 0 rings (SSSR count). The second kappa shape index (κ2) is 3.71. The number of halogens is 2. The molecule has 48 valence electrons. The van der Waals surface area contributed by atoms with E-state index >= 15 is 0 Å². The third kappa shape index (κ3) is 7.63. The van der Waals surface area contributed by atoms with Gasteiger partial charge in [0, 0.05) is 0 Å². The normalized spacial score (nSPS) is 11.6. The minimum absolute atomic E-state index is 1.14. The van der Waals surface area contributed by atoms with Gasteiger partial charge in [-0.25, -0.2) is 0 Å². The first-order chi connectivity index (χ1) is 3.42. The fourth-order valence-corrected chi connectivity index (χ4v) is 19.8. The molecule has 5 heteroatoms. The van der Waals surface area contributed by atoms with E-state index in [4.69, 9.17) is 17.2 Å². The molecular formula is C3H10Cl2InNSi. The van der Waals surface area contributed by atoms with Gasteiger partial charge < -0.3 is 0 Å². The SMILES string of the molecule is C[Si](C)(C)[NH][In]([Cl])[Cl]. The molecule has 1 N–H and O–H groups in total. The van der Waals surface area contributed by atoms with Crippen LogP contribution in [-0.2, 0) is 0 Å². The molecule has 0 aromatic heterocycles. The average molecular weight is 274 g/mol. The third-order valence-corrected chi connectivity index (χ3v) is 15.3. The van der Waals surface area contributed by atoms with Crippen LogP contribution in [0.4, 0.5) is 0 Å². The van der Waals surface area contributed by atoms with Gasteiger partial charge in [-0.3, -0.25) is 0 Å². The van der Waals surface area contributed by atoms with Crippen LogP contribution >= 0.6 is 17.2 Å². The molecule has 0 saturated carbocycles. The molecule has 8 heavy (non-hydrogen) atoms. The molecule has 0 amide bonds. The molecule has 0 heterocycles.